The van der Waals surface area contributed by atoms with Crippen LogP contribution in [0.25, 0.3) is 10.6 Å². The smallest absolute Gasteiger partial charge is 0.339 e. The SMILES string of the molecule is N#[N+]N=C1C=CC(=NN=C2C=CC(=NN=[N-])C=C2)C=C1. The monoisotopic (exact) mass is 264 g/mol. The van der Waals surface area contributed by atoms with Gasteiger partial charge in [-0.05, 0) is 42.2 Å². The van der Waals surface area contributed by atoms with E-state index in [4.69, 9.17) is 10.9 Å². The van der Waals surface area contributed by atoms with Crippen molar-refractivity contribution in [1.29, 1.82) is 5.39 Å². The average Bonchev–Trinajstić information content (AvgIpc) is 2.49. The highest BCUT2D eigenvalue weighted by Gasteiger charge is 2.02. The van der Waals surface area contributed by atoms with Crippen LogP contribution in [-0.2, 0) is 0 Å². The van der Waals surface area contributed by atoms with Crippen LogP contribution in [0.2, 0.25) is 0 Å². The van der Waals surface area contributed by atoms with Gasteiger partial charge in [0, 0.05) is 0 Å². The van der Waals surface area contributed by atoms with Gasteiger partial charge in [-0.25, -0.2) is 0 Å². The van der Waals surface area contributed by atoms with E-state index in [9.17, 15) is 0 Å². The van der Waals surface area contributed by atoms with Gasteiger partial charge >= 0.3 is 5.08 Å². The third-order valence-electron chi connectivity index (χ3n) is 2.30. The van der Waals surface area contributed by atoms with Crippen molar-refractivity contribution in [1.82, 2.24) is 0 Å². The number of diazo groups is 1. The number of nitrogens with zero attached hydrogens (tertiary/aromatic N) is 8. The molecule has 20 heavy (non-hydrogen) atoms. The van der Waals surface area contributed by atoms with Crippen molar-refractivity contribution in [3.8, 4) is 0 Å². The largest absolute Gasteiger partial charge is 0.362 e. The second kappa shape index (κ2) is 6.55. The maximum atomic E-state index is 8.29. The van der Waals surface area contributed by atoms with Gasteiger partial charge in [-0.3, -0.25) is 5.22 Å². The Bertz CT molecular complexity index is 655. The normalized spacial score (nSPS) is 15.9. The van der Waals surface area contributed by atoms with Crippen LogP contribution in [0.15, 0.2) is 74.2 Å². The molecule has 2 rings (SSSR count). The zero-order chi connectivity index (χ0) is 14.2. The molecule has 96 valence electrons. The van der Waals surface area contributed by atoms with Crippen molar-refractivity contribution in [3.05, 3.63) is 59.2 Å². The van der Waals surface area contributed by atoms with Crippen LogP contribution in [0, 0.1) is 5.39 Å². The van der Waals surface area contributed by atoms with E-state index in [1.807, 2.05) is 0 Å². The summed E-state index contributed by atoms with van der Waals surface area (Å²) in [5, 5.41) is 28.7. The fourth-order valence-corrected chi connectivity index (χ4v) is 1.39. The summed E-state index contributed by atoms with van der Waals surface area (Å²) in [5.41, 5.74) is 10.6. The lowest BCUT2D eigenvalue weighted by Gasteiger charge is -2.03. The molecule has 0 N–H and O–H groups in total. The number of hydrogen-bond donors (Lipinski definition) is 0. The molecule has 0 heterocycles. The van der Waals surface area contributed by atoms with E-state index < -0.39 is 0 Å². The molecule has 0 spiro atoms. The van der Waals surface area contributed by atoms with Crippen molar-refractivity contribution >= 4 is 22.8 Å². The predicted molar refractivity (Wildman–Crippen MR) is 77.2 cm³/mol. The standard InChI is InChI=1S/C12H8N8/c13-19-17-11-5-1-9(2-6-11)15-16-10-3-7-12(8-4-10)18-20-14/h1-8H. The van der Waals surface area contributed by atoms with Gasteiger partial charge in [0.2, 0.25) is 0 Å². The minimum absolute atomic E-state index is 0.519. The number of rotatable bonds is 2. The first-order valence-corrected chi connectivity index (χ1v) is 5.54. The molecule has 0 unspecified atom stereocenters. The van der Waals surface area contributed by atoms with Gasteiger partial charge in [0.25, 0.3) is 5.39 Å². The Kier molecular flexibility index (Phi) is 4.29. The van der Waals surface area contributed by atoms with Crippen molar-refractivity contribution < 1.29 is 0 Å². The molecule has 0 fully saturated rings. The van der Waals surface area contributed by atoms with E-state index in [2.05, 4.69) is 30.7 Å². The maximum absolute atomic E-state index is 8.29. The van der Waals surface area contributed by atoms with E-state index in [0.29, 0.717) is 22.8 Å². The molecule has 0 aromatic heterocycles. The van der Waals surface area contributed by atoms with Crippen LogP contribution in [0.4, 0.5) is 0 Å². The Labute approximate surface area is 114 Å². The Morgan fingerprint density at radius 1 is 0.700 bits per heavy atom. The van der Waals surface area contributed by atoms with E-state index in [0.717, 1.165) is 0 Å². The topological polar surface area (TPSA) is 112 Å². The third kappa shape index (κ3) is 3.58. The van der Waals surface area contributed by atoms with Crippen LogP contribution in [-0.4, -0.2) is 22.8 Å². The third-order valence-corrected chi connectivity index (χ3v) is 2.30. The van der Waals surface area contributed by atoms with E-state index >= 15 is 0 Å². The average molecular weight is 264 g/mol. The van der Waals surface area contributed by atoms with Crippen LogP contribution in [0.3, 0.4) is 0 Å². The fourth-order valence-electron chi connectivity index (χ4n) is 1.39. The highest BCUT2D eigenvalue weighted by atomic mass is 15.3. The van der Waals surface area contributed by atoms with Gasteiger partial charge in [0.05, 0.1) is 11.4 Å². The van der Waals surface area contributed by atoms with Gasteiger partial charge in [-0.15, -0.1) is 0 Å². The molecular weight excluding hydrogens is 256 g/mol. The van der Waals surface area contributed by atoms with Gasteiger partial charge in [-0.1, -0.05) is 12.2 Å². The summed E-state index contributed by atoms with van der Waals surface area (Å²) in [7, 11) is 0. The minimum Gasteiger partial charge on any atom is -0.362 e. The quantitative estimate of drug-likeness (QED) is 0.324. The summed E-state index contributed by atoms with van der Waals surface area (Å²) in [6.45, 7) is 0. The first-order chi connectivity index (χ1) is 9.81. The van der Waals surface area contributed by atoms with Gasteiger partial charge in [0.1, 0.15) is 0 Å². The van der Waals surface area contributed by atoms with Crippen molar-refractivity contribution in [2.24, 2.45) is 25.6 Å². The summed E-state index contributed by atoms with van der Waals surface area (Å²) in [6.07, 6.45) is 13.4. The summed E-state index contributed by atoms with van der Waals surface area (Å²) in [6, 6.07) is 0. The first-order valence-electron chi connectivity index (χ1n) is 5.54. The molecule has 0 aromatic rings. The minimum atomic E-state index is 0.519. The van der Waals surface area contributed by atoms with Crippen LogP contribution >= 0.6 is 0 Å². The lowest BCUT2D eigenvalue weighted by atomic mass is 10.1. The van der Waals surface area contributed by atoms with Crippen molar-refractivity contribution in [3.63, 3.8) is 0 Å². The Morgan fingerprint density at radius 3 is 1.50 bits per heavy atom. The fraction of sp³-hybridized carbons (Fsp3) is 0. The molecule has 2 aliphatic carbocycles. The zero-order valence-corrected chi connectivity index (χ0v) is 10.2. The molecule has 8 heteroatoms. The van der Waals surface area contributed by atoms with E-state index in [1.54, 1.807) is 48.6 Å². The predicted octanol–water partition coefficient (Wildman–Crippen LogP) is 2.62. The molecule has 0 saturated carbocycles. The molecule has 0 aromatic carbocycles. The number of hydrogen-bond acceptors (Lipinski definition) is 5. The lowest BCUT2D eigenvalue weighted by Crippen LogP contribution is -2.01. The molecule has 0 radical (unpaired) electrons. The van der Waals surface area contributed by atoms with Crippen LogP contribution in [0.5, 0.6) is 0 Å². The highest BCUT2D eigenvalue weighted by molar-refractivity contribution is 6.20. The lowest BCUT2D eigenvalue weighted by molar-refractivity contribution is 1.22. The molecule has 0 saturated heterocycles. The second-order valence-electron chi connectivity index (χ2n) is 3.61. The first kappa shape index (κ1) is 13.1. The number of allylic oxidation sites excluding steroid dienone is 8. The summed E-state index contributed by atoms with van der Waals surface area (Å²) >= 11 is 0. The van der Waals surface area contributed by atoms with Crippen molar-refractivity contribution in [2.75, 3.05) is 0 Å². The highest BCUT2D eigenvalue weighted by Crippen LogP contribution is 2.02. The Balaban J connectivity index is 2.07. The molecule has 8 nitrogen and oxygen atoms in total. The second-order valence-corrected chi connectivity index (χ2v) is 3.61. The summed E-state index contributed by atoms with van der Waals surface area (Å²) in [4.78, 5) is 0. The van der Waals surface area contributed by atoms with Crippen LogP contribution < -0.4 is 0 Å². The maximum Gasteiger partial charge on any atom is 0.339 e. The Morgan fingerprint density at radius 2 is 1.10 bits per heavy atom. The summed E-state index contributed by atoms with van der Waals surface area (Å²) in [5.74, 6) is 0. The molecule has 0 aliphatic heterocycles. The zero-order valence-electron chi connectivity index (χ0n) is 10.2. The summed E-state index contributed by atoms with van der Waals surface area (Å²) < 4.78 is 0. The van der Waals surface area contributed by atoms with Gasteiger partial charge < -0.3 is 10.6 Å². The Hall–Kier alpha value is -3.34. The molecule has 2 aliphatic rings. The molecular formula is C12H8N8. The molecule has 0 amide bonds. The van der Waals surface area contributed by atoms with Gasteiger partial charge in [-0.2, -0.15) is 10.2 Å². The van der Waals surface area contributed by atoms with E-state index in [1.165, 1.54) is 0 Å². The van der Waals surface area contributed by atoms with Crippen LogP contribution in [0.1, 0.15) is 0 Å². The van der Waals surface area contributed by atoms with Gasteiger partial charge in [0.15, 0.2) is 10.8 Å². The van der Waals surface area contributed by atoms with E-state index in [-0.39, 0.29) is 0 Å². The molecule has 0 atom stereocenters. The molecule has 0 bridgehead atoms. The van der Waals surface area contributed by atoms with Crippen molar-refractivity contribution in [2.45, 2.75) is 0 Å².